The molecular formula is C8H9SZn-. The summed E-state index contributed by atoms with van der Waals surface area (Å²) in [6.45, 7) is 4.11. The predicted molar refractivity (Wildman–Crippen MR) is 41.5 cm³/mol. The molecule has 0 aromatic heterocycles. The third-order valence-corrected chi connectivity index (χ3v) is 1.79. The second-order valence-corrected chi connectivity index (χ2v) is 2.71. The van der Waals surface area contributed by atoms with E-state index in [2.05, 4.69) is 13.0 Å². The Morgan fingerprint density at radius 1 is 1.20 bits per heavy atom. The second-order valence-electron chi connectivity index (χ2n) is 2.27. The van der Waals surface area contributed by atoms with Crippen molar-refractivity contribution in [2.45, 2.75) is 18.7 Å². The molecule has 0 amide bonds. The molecule has 0 aliphatic rings. The molecule has 0 atom stereocenters. The topological polar surface area (TPSA) is 0 Å². The van der Waals surface area contributed by atoms with Crippen molar-refractivity contribution in [3.63, 3.8) is 0 Å². The van der Waals surface area contributed by atoms with E-state index in [1.807, 2.05) is 19.1 Å². The first-order chi connectivity index (χ1) is 4.20. The van der Waals surface area contributed by atoms with Gasteiger partial charge in [0.05, 0.1) is 0 Å². The van der Waals surface area contributed by atoms with Crippen LogP contribution in [0, 0.1) is 13.8 Å². The maximum Gasteiger partial charge on any atom is 0 e. The Morgan fingerprint density at radius 2 is 1.80 bits per heavy atom. The Labute approximate surface area is 80.2 Å². The SMILES string of the molecule is Cc1ccc([S-])c(C)c1.[Zn]. The van der Waals surface area contributed by atoms with Gasteiger partial charge in [0.15, 0.2) is 0 Å². The van der Waals surface area contributed by atoms with E-state index in [0.29, 0.717) is 0 Å². The van der Waals surface area contributed by atoms with Gasteiger partial charge in [-0.15, -0.1) is 0 Å². The molecule has 0 N–H and O–H groups in total. The fourth-order valence-electron chi connectivity index (χ4n) is 0.799. The van der Waals surface area contributed by atoms with Gasteiger partial charge in [0, 0.05) is 19.5 Å². The number of rotatable bonds is 0. The third kappa shape index (κ3) is 2.36. The van der Waals surface area contributed by atoms with Crippen LogP contribution in [-0.2, 0) is 32.1 Å². The molecule has 0 spiro atoms. The summed E-state index contributed by atoms with van der Waals surface area (Å²) in [6.07, 6.45) is 0. The minimum Gasteiger partial charge on any atom is -0.779 e. The molecule has 0 unspecified atom stereocenters. The van der Waals surface area contributed by atoms with Gasteiger partial charge in [-0.2, -0.15) is 4.90 Å². The van der Waals surface area contributed by atoms with E-state index in [9.17, 15) is 0 Å². The van der Waals surface area contributed by atoms with Crippen LogP contribution >= 0.6 is 0 Å². The molecule has 2 heteroatoms. The van der Waals surface area contributed by atoms with Crippen LogP contribution in [0.2, 0.25) is 0 Å². The van der Waals surface area contributed by atoms with Crippen LogP contribution in [0.5, 0.6) is 0 Å². The smallest absolute Gasteiger partial charge is 0 e. The van der Waals surface area contributed by atoms with Gasteiger partial charge in [-0.1, -0.05) is 29.3 Å². The first kappa shape index (κ1) is 10.1. The summed E-state index contributed by atoms with van der Waals surface area (Å²) in [5, 5.41) is 0. The molecular weight excluding hydrogens is 194 g/mol. The molecule has 1 aromatic rings. The van der Waals surface area contributed by atoms with Gasteiger partial charge in [0.25, 0.3) is 0 Å². The molecule has 0 heterocycles. The zero-order valence-electron chi connectivity index (χ0n) is 6.35. The monoisotopic (exact) mass is 201 g/mol. The minimum absolute atomic E-state index is 0. The van der Waals surface area contributed by atoms with Gasteiger partial charge < -0.3 is 12.6 Å². The van der Waals surface area contributed by atoms with Crippen LogP contribution in [0.4, 0.5) is 0 Å². The van der Waals surface area contributed by atoms with E-state index >= 15 is 0 Å². The quantitative estimate of drug-likeness (QED) is 0.459. The Balaban J connectivity index is 0.000000810. The van der Waals surface area contributed by atoms with E-state index in [-0.39, 0.29) is 19.5 Å². The average Bonchev–Trinajstić information content (AvgIpc) is 1.80. The van der Waals surface area contributed by atoms with Gasteiger partial charge in [-0.3, -0.25) is 0 Å². The van der Waals surface area contributed by atoms with Crippen LogP contribution in [0.3, 0.4) is 0 Å². The Morgan fingerprint density at radius 3 is 2.20 bits per heavy atom. The largest absolute Gasteiger partial charge is 0.779 e. The van der Waals surface area contributed by atoms with Crippen molar-refractivity contribution < 1.29 is 19.5 Å². The van der Waals surface area contributed by atoms with Crippen molar-refractivity contribution in [1.82, 2.24) is 0 Å². The van der Waals surface area contributed by atoms with E-state index in [1.54, 1.807) is 0 Å². The third-order valence-electron chi connectivity index (χ3n) is 1.33. The summed E-state index contributed by atoms with van der Waals surface area (Å²) in [5.41, 5.74) is 2.48. The molecule has 0 nitrogen and oxygen atoms in total. The van der Waals surface area contributed by atoms with Crippen molar-refractivity contribution >= 4 is 12.6 Å². The Bertz CT molecular complexity index is 220. The first-order valence-electron chi connectivity index (χ1n) is 2.94. The molecule has 1 aromatic carbocycles. The van der Waals surface area contributed by atoms with Gasteiger partial charge >= 0.3 is 0 Å². The fourth-order valence-corrected chi connectivity index (χ4v) is 0.926. The molecule has 1 rings (SSSR count). The van der Waals surface area contributed by atoms with E-state index in [0.717, 1.165) is 4.90 Å². The van der Waals surface area contributed by atoms with Crippen LogP contribution in [0.15, 0.2) is 23.1 Å². The number of hydrogen-bond acceptors (Lipinski definition) is 1. The average molecular weight is 203 g/mol. The normalized spacial score (nSPS) is 8.60. The number of hydrogen-bond donors (Lipinski definition) is 0. The van der Waals surface area contributed by atoms with Gasteiger partial charge in [0.1, 0.15) is 0 Å². The summed E-state index contributed by atoms with van der Waals surface area (Å²) in [5.74, 6) is 0. The van der Waals surface area contributed by atoms with Crippen LogP contribution in [-0.4, -0.2) is 0 Å². The molecule has 0 aliphatic carbocycles. The van der Waals surface area contributed by atoms with Crippen molar-refractivity contribution in [3.8, 4) is 0 Å². The van der Waals surface area contributed by atoms with Gasteiger partial charge in [-0.05, 0) is 13.8 Å². The molecule has 10 heavy (non-hydrogen) atoms. The molecule has 0 aliphatic heterocycles. The maximum absolute atomic E-state index is 5.01. The standard InChI is InChI=1S/C8H10S.Zn/c1-6-3-4-8(9)7(2)5-6;/h3-5,9H,1-2H3;/p-1. The zero-order chi connectivity index (χ0) is 6.85. The summed E-state index contributed by atoms with van der Waals surface area (Å²) in [6, 6.07) is 6.11. The van der Waals surface area contributed by atoms with Crippen molar-refractivity contribution in [2.75, 3.05) is 0 Å². The molecule has 0 fully saturated rings. The maximum atomic E-state index is 5.01. The summed E-state index contributed by atoms with van der Waals surface area (Å²) < 4.78 is 0. The summed E-state index contributed by atoms with van der Waals surface area (Å²) in [7, 11) is 0. The van der Waals surface area contributed by atoms with E-state index in [1.165, 1.54) is 11.1 Å². The number of aryl methyl sites for hydroxylation is 2. The molecule has 0 radical (unpaired) electrons. The summed E-state index contributed by atoms with van der Waals surface area (Å²) >= 11 is 5.01. The minimum atomic E-state index is 0. The Hall–Kier alpha value is 0.0634. The first-order valence-corrected chi connectivity index (χ1v) is 3.35. The second kappa shape index (κ2) is 4.05. The van der Waals surface area contributed by atoms with Crippen molar-refractivity contribution in [2.24, 2.45) is 0 Å². The predicted octanol–water partition coefficient (Wildman–Crippen LogP) is 2.21. The van der Waals surface area contributed by atoms with Gasteiger partial charge in [-0.25, -0.2) is 0 Å². The molecule has 50 valence electrons. The van der Waals surface area contributed by atoms with Crippen molar-refractivity contribution in [3.05, 3.63) is 29.3 Å². The van der Waals surface area contributed by atoms with Crippen LogP contribution in [0.25, 0.3) is 0 Å². The van der Waals surface area contributed by atoms with Crippen LogP contribution < -0.4 is 0 Å². The number of benzene rings is 1. The molecule has 0 saturated heterocycles. The van der Waals surface area contributed by atoms with Crippen molar-refractivity contribution in [1.29, 1.82) is 0 Å². The molecule has 0 bridgehead atoms. The summed E-state index contributed by atoms with van der Waals surface area (Å²) in [4.78, 5) is 0.959. The van der Waals surface area contributed by atoms with E-state index in [4.69, 9.17) is 12.6 Å². The Kier molecular flexibility index (Phi) is 4.08. The van der Waals surface area contributed by atoms with Crippen LogP contribution in [0.1, 0.15) is 11.1 Å². The fraction of sp³-hybridized carbons (Fsp3) is 0.250. The zero-order valence-corrected chi connectivity index (χ0v) is 10.1. The molecule has 0 saturated carbocycles. The van der Waals surface area contributed by atoms with Gasteiger partial charge in [0.2, 0.25) is 0 Å². The van der Waals surface area contributed by atoms with E-state index < -0.39 is 0 Å².